The van der Waals surface area contributed by atoms with Gasteiger partial charge >= 0.3 is 0 Å². The van der Waals surface area contributed by atoms with Gasteiger partial charge in [0.1, 0.15) is 0 Å². The predicted molar refractivity (Wildman–Crippen MR) is 96.1 cm³/mol. The molecule has 2 N–H and O–H groups in total. The van der Waals surface area contributed by atoms with Crippen molar-refractivity contribution in [3.63, 3.8) is 0 Å². The van der Waals surface area contributed by atoms with Crippen LogP contribution in [0.4, 0.5) is 5.95 Å². The van der Waals surface area contributed by atoms with Crippen LogP contribution in [0.5, 0.6) is 0 Å². The molecular formula is C17H11Cl2N5. The summed E-state index contributed by atoms with van der Waals surface area (Å²) in [5.74, 6) is 0.607. The minimum absolute atomic E-state index is 0.172. The molecule has 0 radical (unpaired) electrons. The molecule has 0 unspecified atom stereocenters. The Kier molecular flexibility index (Phi) is 3.59. The third kappa shape index (κ3) is 2.68. The van der Waals surface area contributed by atoms with E-state index >= 15 is 0 Å². The maximum absolute atomic E-state index is 5.98. The Morgan fingerprint density at radius 3 is 2.00 bits per heavy atom. The molecule has 0 saturated heterocycles. The second-order valence-corrected chi connectivity index (χ2v) is 6.10. The van der Waals surface area contributed by atoms with E-state index < -0.39 is 0 Å². The molecule has 0 amide bonds. The van der Waals surface area contributed by atoms with E-state index in [-0.39, 0.29) is 5.95 Å². The lowest BCUT2D eigenvalue weighted by Crippen LogP contribution is -1.99. The van der Waals surface area contributed by atoms with Gasteiger partial charge in [0.15, 0.2) is 0 Å². The molecule has 4 aromatic rings. The summed E-state index contributed by atoms with van der Waals surface area (Å²) < 4.78 is 1.62. The van der Waals surface area contributed by atoms with Gasteiger partial charge in [0, 0.05) is 21.2 Å². The van der Waals surface area contributed by atoms with E-state index in [2.05, 4.69) is 15.1 Å². The van der Waals surface area contributed by atoms with Crippen LogP contribution in [0.1, 0.15) is 0 Å². The Labute approximate surface area is 147 Å². The van der Waals surface area contributed by atoms with Crippen LogP contribution in [-0.2, 0) is 0 Å². The first-order valence-electron chi connectivity index (χ1n) is 7.15. The first-order chi connectivity index (χ1) is 11.6. The summed E-state index contributed by atoms with van der Waals surface area (Å²) in [5, 5.41) is 5.57. The van der Waals surface area contributed by atoms with Gasteiger partial charge in [-0.3, -0.25) is 0 Å². The topological polar surface area (TPSA) is 69.1 Å². The van der Waals surface area contributed by atoms with Crippen LogP contribution in [0, 0.1) is 0 Å². The lowest BCUT2D eigenvalue weighted by atomic mass is 10.1. The summed E-state index contributed by atoms with van der Waals surface area (Å²) in [5.41, 5.74) is 9.20. The van der Waals surface area contributed by atoms with Gasteiger partial charge in [0.2, 0.25) is 5.95 Å². The molecule has 7 heteroatoms. The zero-order valence-corrected chi connectivity index (χ0v) is 13.8. The SMILES string of the molecule is Nc1nc2nc(-c3ccc(Cl)cc3)cc(-c3ccc(Cl)cc3)n2n1. The fourth-order valence-corrected chi connectivity index (χ4v) is 2.73. The van der Waals surface area contributed by atoms with Gasteiger partial charge in [-0.15, -0.1) is 5.10 Å². The van der Waals surface area contributed by atoms with Crippen LogP contribution in [-0.4, -0.2) is 19.6 Å². The van der Waals surface area contributed by atoms with Gasteiger partial charge in [0.25, 0.3) is 5.78 Å². The molecule has 0 aliphatic rings. The number of benzene rings is 2. The highest BCUT2D eigenvalue weighted by Crippen LogP contribution is 2.27. The van der Waals surface area contributed by atoms with E-state index in [0.717, 1.165) is 22.5 Å². The van der Waals surface area contributed by atoms with Crippen molar-refractivity contribution < 1.29 is 0 Å². The Morgan fingerprint density at radius 2 is 1.38 bits per heavy atom. The zero-order chi connectivity index (χ0) is 16.7. The highest BCUT2D eigenvalue weighted by atomic mass is 35.5. The van der Waals surface area contributed by atoms with Gasteiger partial charge in [0.05, 0.1) is 11.4 Å². The van der Waals surface area contributed by atoms with Crippen LogP contribution in [0.25, 0.3) is 28.3 Å². The first kappa shape index (κ1) is 14.9. The maximum atomic E-state index is 5.98. The minimum atomic E-state index is 0.172. The molecule has 0 saturated carbocycles. The average Bonchev–Trinajstić information content (AvgIpc) is 2.95. The van der Waals surface area contributed by atoms with E-state index in [1.807, 2.05) is 54.6 Å². The molecule has 2 aromatic heterocycles. The Hall–Kier alpha value is -2.63. The molecule has 2 aromatic carbocycles. The lowest BCUT2D eigenvalue weighted by Gasteiger charge is -2.08. The van der Waals surface area contributed by atoms with E-state index in [1.165, 1.54) is 0 Å². The average molecular weight is 356 g/mol. The Morgan fingerprint density at radius 1 is 0.792 bits per heavy atom. The molecule has 0 aliphatic carbocycles. The van der Waals surface area contributed by atoms with Crippen LogP contribution in [0.2, 0.25) is 10.0 Å². The molecule has 0 spiro atoms. The monoisotopic (exact) mass is 355 g/mol. The second-order valence-electron chi connectivity index (χ2n) is 5.22. The fourth-order valence-electron chi connectivity index (χ4n) is 2.48. The van der Waals surface area contributed by atoms with Gasteiger partial charge in [-0.25, -0.2) is 4.98 Å². The lowest BCUT2D eigenvalue weighted by molar-refractivity contribution is 0.954. The smallest absolute Gasteiger partial charge is 0.255 e. The number of nitrogens with two attached hydrogens (primary N) is 1. The van der Waals surface area contributed by atoms with Crippen molar-refractivity contribution in [2.75, 3.05) is 5.73 Å². The van der Waals surface area contributed by atoms with Crippen molar-refractivity contribution in [3.05, 3.63) is 64.6 Å². The van der Waals surface area contributed by atoms with Crippen molar-refractivity contribution in [2.24, 2.45) is 0 Å². The van der Waals surface area contributed by atoms with Gasteiger partial charge in [-0.05, 0) is 30.3 Å². The number of hydrogen-bond acceptors (Lipinski definition) is 4. The number of aromatic nitrogens is 4. The standard InChI is InChI=1S/C17H11Cl2N5/c18-12-5-1-10(2-6-12)14-9-15(11-3-7-13(19)8-4-11)24-17(21-14)22-16(20)23-24/h1-9H,(H2,20,23). The molecule has 118 valence electrons. The summed E-state index contributed by atoms with van der Waals surface area (Å²) in [6.45, 7) is 0. The van der Waals surface area contributed by atoms with Crippen molar-refractivity contribution in [1.82, 2.24) is 19.6 Å². The highest BCUT2D eigenvalue weighted by molar-refractivity contribution is 6.30. The normalized spacial score (nSPS) is 11.1. The van der Waals surface area contributed by atoms with Crippen LogP contribution in [0.3, 0.4) is 0 Å². The number of fused-ring (bicyclic) bond motifs is 1. The Bertz CT molecular complexity index is 1020. The van der Waals surface area contributed by atoms with Crippen molar-refractivity contribution in [3.8, 4) is 22.5 Å². The highest BCUT2D eigenvalue weighted by Gasteiger charge is 2.12. The molecule has 4 rings (SSSR count). The van der Waals surface area contributed by atoms with Gasteiger partial charge in [-0.1, -0.05) is 47.5 Å². The van der Waals surface area contributed by atoms with Crippen molar-refractivity contribution in [2.45, 2.75) is 0 Å². The van der Waals surface area contributed by atoms with Crippen LogP contribution < -0.4 is 5.73 Å². The summed E-state index contributed by atoms with van der Waals surface area (Å²) in [6, 6.07) is 16.9. The van der Waals surface area contributed by atoms with Crippen molar-refractivity contribution in [1.29, 1.82) is 0 Å². The fraction of sp³-hybridized carbons (Fsp3) is 0. The predicted octanol–water partition coefficient (Wildman–Crippen LogP) is 4.35. The van der Waals surface area contributed by atoms with E-state index in [9.17, 15) is 0 Å². The summed E-state index contributed by atoms with van der Waals surface area (Å²) in [7, 11) is 0. The number of rotatable bonds is 2. The summed E-state index contributed by atoms with van der Waals surface area (Å²) >= 11 is 11.9. The van der Waals surface area contributed by atoms with E-state index in [1.54, 1.807) is 4.52 Å². The summed E-state index contributed by atoms with van der Waals surface area (Å²) in [4.78, 5) is 8.73. The number of nitrogen functional groups attached to an aromatic ring is 1. The quantitative estimate of drug-likeness (QED) is 0.580. The molecule has 0 atom stereocenters. The molecule has 5 nitrogen and oxygen atoms in total. The summed E-state index contributed by atoms with van der Waals surface area (Å²) in [6.07, 6.45) is 0. The molecular weight excluding hydrogens is 345 g/mol. The van der Waals surface area contributed by atoms with E-state index in [0.29, 0.717) is 15.8 Å². The van der Waals surface area contributed by atoms with Crippen LogP contribution >= 0.6 is 23.2 Å². The number of halogens is 2. The third-order valence-corrected chi connectivity index (χ3v) is 4.11. The number of hydrogen-bond donors (Lipinski definition) is 1. The van der Waals surface area contributed by atoms with E-state index in [4.69, 9.17) is 28.9 Å². The molecule has 24 heavy (non-hydrogen) atoms. The number of anilines is 1. The first-order valence-corrected chi connectivity index (χ1v) is 7.91. The van der Waals surface area contributed by atoms with Crippen molar-refractivity contribution >= 4 is 34.9 Å². The van der Waals surface area contributed by atoms with Crippen LogP contribution in [0.15, 0.2) is 54.6 Å². The molecule has 2 heterocycles. The number of nitrogens with zero attached hydrogens (tertiary/aromatic N) is 4. The molecule has 0 fully saturated rings. The Balaban J connectivity index is 1.96. The molecule has 0 bridgehead atoms. The largest absolute Gasteiger partial charge is 0.366 e. The maximum Gasteiger partial charge on any atom is 0.255 e. The minimum Gasteiger partial charge on any atom is -0.366 e. The second kappa shape index (κ2) is 5.78. The van der Waals surface area contributed by atoms with Gasteiger partial charge < -0.3 is 5.73 Å². The third-order valence-electron chi connectivity index (χ3n) is 3.61. The van der Waals surface area contributed by atoms with Gasteiger partial charge in [-0.2, -0.15) is 9.50 Å². The zero-order valence-electron chi connectivity index (χ0n) is 12.3. The molecule has 0 aliphatic heterocycles.